The lowest BCUT2D eigenvalue weighted by atomic mass is 9.93. The highest BCUT2D eigenvalue weighted by Gasteiger charge is 2.36. The molecule has 0 saturated carbocycles. The molecule has 3 aliphatic rings. The van der Waals surface area contributed by atoms with Crippen LogP contribution in [0.2, 0.25) is 0 Å². The van der Waals surface area contributed by atoms with E-state index in [9.17, 15) is 4.79 Å². The van der Waals surface area contributed by atoms with E-state index in [0.29, 0.717) is 12.5 Å². The lowest BCUT2D eigenvalue weighted by Gasteiger charge is -2.26. The van der Waals surface area contributed by atoms with Gasteiger partial charge in [-0.1, -0.05) is 18.2 Å². The van der Waals surface area contributed by atoms with Gasteiger partial charge in [0.25, 0.3) is 0 Å². The van der Waals surface area contributed by atoms with Crippen molar-refractivity contribution in [2.24, 2.45) is 0 Å². The van der Waals surface area contributed by atoms with Gasteiger partial charge < -0.3 is 19.1 Å². The number of amides is 1. The van der Waals surface area contributed by atoms with Crippen molar-refractivity contribution < 1.29 is 19.0 Å². The lowest BCUT2D eigenvalue weighted by molar-refractivity contribution is -0.131. The summed E-state index contributed by atoms with van der Waals surface area (Å²) in [5.74, 6) is 3.07. The number of carbonyl (C=O) groups is 1. The fourth-order valence-corrected chi connectivity index (χ4v) is 4.90. The largest absolute Gasteiger partial charge is 0.497 e. The zero-order chi connectivity index (χ0) is 20.5. The van der Waals surface area contributed by atoms with Crippen molar-refractivity contribution in [1.82, 2.24) is 9.80 Å². The maximum absolute atomic E-state index is 12.9. The second kappa shape index (κ2) is 8.19. The van der Waals surface area contributed by atoms with Gasteiger partial charge in [0.05, 0.1) is 13.7 Å². The first-order valence-corrected chi connectivity index (χ1v) is 10.8. The molecule has 2 aromatic rings. The number of likely N-dealkylation sites (tertiary alicyclic amines) is 2. The van der Waals surface area contributed by atoms with Gasteiger partial charge >= 0.3 is 0 Å². The lowest BCUT2D eigenvalue weighted by Crippen LogP contribution is -2.38. The highest BCUT2D eigenvalue weighted by Crippen LogP contribution is 2.43. The summed E-state index contributed by atoms with van der Waals surface area (Å²) >= 11 is 0. The van der Waals surface area contributed by atoms with Crippen molar-refractivity contribution in [1.29, 1.82) is 0 Å². The van der Waals surface area contributed by atoms with Gasteiger partial charge in [0.2, 0.25) is 12.7 Å². The van der Waals surface area contributed by atoms with Gasteiger partial charge in [-0.05, 0) is 60.6 Å². The minimum absolute atomic E-state index is 0.206. The Morgan fingerprint density at radius 1 is 1.03 bits per heavy atom. The van der Waals surface area contributed by atoms with E-state index in [2.05, 4.69) is 29.2 Å². The van der Waals surface area contributed by atoms with E-state index in [4.69, 9.17) is 14.2 Å². The summed E-state index contributed by atoms with van der Waals surface area (Å²) in [7, 11) is 1.68. The first-order valence-electron chi connectivity index (χ1n) is 10.8. The van der Waals surface area contributed by atoms with E-state index in [1.165, 1.54) is 11.1 Å². The Kier molecular flexibility index (Phi) is 5.25. The average molecular weight is 408 g/mol. The molecule has 0 aromatic heterocycles. The summed E-state index contributed by atoms with van der Waals surface area (Å²) in [6.45, 7) is 3.40. The van der Waals surface area contributed by atoms with Crippen LogP contribution in [-0.2, 0) is 4.79 Å². The molecule has 6 nitrogen and oxygen atoms in total. The van der Waals surface area contributed by atoms with Crippen LogP contribution in [-0.4, -0.2) is 55.8 Å². The standard InChI is InChI=1S/C24H28N2O4/c1-28-20-7-4-17(5-8-20)21-12-19(18-6-9-22-23(13-18)30-16-29-22)14-26(21)15-24(27)25-10-2-3-11-25/h4-9,13,19,21H,2-3,10-12,14-16H2,1H3/t19-,21+/m0/s1. The zero-order valence-electron chi connectivity index (χ0n) is 17.4. The fraction of sp³-hybridized carbons (Fsp3) is 0.458. The van der Waals surface area contributed by atoms with Gasteiger partial charge in [-0.2, -0.15) is 0 Å². The first kappa shape index (κ1) is 19.2. The van der Waals surface area contributed by atoms with Gasteiger partial charge in [0.15, 0.2) is 11.5 Å². The molecule has 3 aliphatic heterocycles. The van der Waals surface area contributed by atoms with E-state index < -0.39 is 0 Å². The Morgan fingerprint density at radius 2 is 1.77 bits per heavy atom. The van der Waals surface area contributed by atoms with E-state index in [0.717, 1.165) is 56.1 Å². The van der Waals surface area contributed by atoms with Crippen molar-refractivity contribution in [2.45, 2.75) is 31.2 Å². The van der Waals surface area contributed by atoms with E-state index in [1.807, 2.05) is 23.1 Å². The predicted octanol–water partition coefficient (Wildman–Crippen LogP) is 3.58. The molecule has 0 spiro atoms. The number of hydrogen-bond acceptors (Lipinski definition) is 5. The number of nitrogens with zero attached hydrogens (tertiary/aromatic N) is 2. The summed E-state index contributed by atoms with van der Waals surface area (Å²) in [6.07, 6.45) is 3.21. The molecule has 2 atom stereocenters. The van der Waals surface area contributed by atoms with Crippen LogP contribution in [0, 0.1) is 0 Å². The zero-order valence-corrected chi connectivity index (χ0v) is 17.4. The number of carbonyl (C=O) groups excluding carboxylic acids is 1. The molecular formula is C24H28N2O4. The van der Waals surface area contributed by atoms with Crippen LogP contribution in [0.25, 0.3) is 0 Å². The summed E-state index contributed by atoms with van der Waals surface area (Å²) in [6, 6.07) is 14.7. The normalized spacial score (nSPS) is 23.2. The summed E-state index contributed by atoms with van der Waals surface area (Å²) < 4.78 is 16.4. The summed E-state index contributed by atoms with van der Waals surface area (Å²) in [5.41, 5.74) is 2.47. The Hall–Kier alpha value is -2.73. The maximum Gasteiger partial charge on any atom is 0.236 e. The molecule has 0 radical (unpaired) electrons. The number of ether oxygens (including phenoxy) is 3. The quantitative estimate of drug-likeness (QED) is 0.757. The average Bonchev–Trinajstić information content (AvgIpc) is 3.53. The first-order chi connectivity index (χ1) is 14.7. The Balaban J connectivity index is 1.38. The van der Waals surface area contributed by atoms with E-state index >= 15 is 0 Å². The van der Waals surface area contributed by atoms with Gasteiger partial charge in [-0.25, -0.2) is 0 Å². The van der Waals surface area contributed by atoms with Crippen LogP contribution in [0.5, 0.6) is 17.2 Å². The monoisotopic (exact) mass is 408 g/mol. The van der Waals surface area contributed by atoms with Crippen molar-refractivity contribution >= 4 is 5.91 Å². The van der Waals surface area contributed by atoms with Crippen LogP contribution < -0.4 is 14.2 Å². The maximum atomic E-state index is 12.9. The van der Waals surface area contributed by atoms with Crippen LogP contribution >= 0.6 is 0 Å². The Bertz CT molecular complexity index is 908. The van der Waals surface area contributed by atoms with Gasteiger partial charge in [-0.15, -0.1) is 0 Å². The minimum atomic E-state index is 0.206. The fourth-order valence-electron chi connectivity index (χ4n) is 4.90. The summed E-state index contributed by atoms with van der Waals surface area (Å²) in [5, 5.41) is 0. The molecule has 2 fully saturated rings. The molecule has 6 heteroatoms. The number of fused-ring (bicyclic) bond motifs is 1. The molecule has 0 bridgehead atoms. The van der Waals surface area contributed by atoms with Crippen LogP contribution in [0.15, 0.2) is 42.5 Å². The van der Waals surface area contributed by atoms with Crippen molar-refractivity contribution in [3.63, 3.8) is 0 Å². The van der Waals surface area contributed by atoms with Crippen LogP contribution in [0.4, 0.5) is 0 Å². The molecule has 30 heavy (non-hydrogen) atoms. The third-order valence-electron chi connectivity index (χ3n) is 6.57. The molecule has 2 aromatic carbocycles. The van der Waals surface area contributed by atoms with Crippen LogP contribution in [0.3, 0.4) is 0 Å². The van der Waals surface area contributed by atoms with Gasteiger partial charge in [-0.3, -0.25) is 9.69 Å². The molecular weight excluding hydrogens is 380 g/mol. The van der Waals surface area contributed by atoms with Gasteiger partial charge in [0, 0.05) is 25.7 Å². The highest BCUT2D eigenvalue weighted by atomic mass is 16.7. The highest BCUT2D eigenvalue weighted by molar-refractivity contribution is 5.78. The van der Waals surface area contributed by atoms with E-state index in [1.54, 1.807) is 7.11 Å². The van der Waals surface area contributed by atoms with Crippen molar-refractivity contribution in [3.8, 4) is 17.2 Å². The van der Waals surface area contributed by atoms with Crippen LogP contribution in [0.1, 0.15) is 42.3 Å². The molecule has 3 heterocycles. The molecule has 2 saturated heterocycles. The van der Waals surface area contributed by atoms with Crippen molar-refractivity contribution in [2.75, 3.05) is 40.1 Å². The topological polar surface area (TPSA) is 51.2 Å². The number of hydrogen-bond donors (Lipinski definition) is 0. The molecule has 158 valence electrons. The SMILES string of the molecule is COc1ccc([C@H]2C[C@H](c3ccc4c(c3)OCO4)CN2CC(=O)N2CCCC2)cc1. The predicted molar refractivity (Wildman–Crippen MR) is 113 cm³/mol. The molecule has 0 N–H and O–H groups in total. The smallest absolute Gasteiger partial charge is 0.236 e. The molecule has 0 unspecified atom stereocenters. The number of methoxy groups -OCH3 is 1. The molecule has 5 rings (SSSR count). The van der Waals surface area contributed by atoms with Gasteiger partial charge in [0.1, 0.15) is 5.75 Å². The second-order valence-corrected chi connectivity index (χ2v) is 8.35. The second-order valence-electron chi connectivity index (χ2n) is 8.35. The third-order valence-corrected chi connectivity index (χ3v) is 6.57. The van der Waals surface area contributed by atoms with Crippen molar-refractivity contribution in [3.05, 3.63) is 53.6 Å². The minimum Gasteiger partial charge on any atom is -0.497 e. The number of rotatable bonds is 5. The third kappa shape index (κ3) is 3.72. The Morgan fingerprint density at radius 3 is 2.53 bits per heavy atom. The molecule has 1 amide bonds. The number of benzene rings is 2. The van der Waals surface area contributed by atoms with E-state index in [-0.39, 0.29) is 18.7 Å². The molecule has 0 aliphatic carbocycles. The Labute approximate surface area is 177 Å². The summed E-state index contributed by atoms with van der Waals surface area (Å²) in [4.78, 5) is 17.3.